The van der Waals surface area contributed by atoms with E-state index in [1.165, 1.54) is 6.08 Å². The molecule has 0 aromatic heterocycles. The van der Waals surface area contributed by atoms with E-state index in [9.17, 15) is 30.0 Å². The van der Waals surface area contributed by atoms with Gasteiger partial charge in [0, 0.05) is 36.2 Å². The summed E-state index contributed by atoms with van der Waals surface area (Å²) in [4.78, 5) is 23.7. The van der Waals surface area contributed by atoms with Gasteiger partial charge in [-0.1, -0.05) is 60.6 Å². The molecule has 0 spiro atoms. The molecule has 0 radical (unpaired) electrons. The lowest BCUT2D eigenvalue weighted by Crippen LogP contribution is -2.44. The van der Waals surface area contributed by atoms with Crippen molar-refractivity contribution in [2.45, 2.75) is 182 Å². The van der Waals surface area contributed by atoms with Crippen molar-refractivity contribution in [2.75, 3.05) is 0 Å². The molecule has 9 nitrogen and oxygen atoms in total. The maximum absolute atomic E-state index is 12.8. The van der Waals surface area contributed by atoms with Crippen molar-refractivity contribution >= 4 is 11.8 Å². The highest BCUT2D eigenvalue weighted by Gasteiger charge is 2.51. The van der Waals surface area contributed by atoms with Gasteiger partial charge in [-0.05, 0) is 103 Å². The number of carbonyl (C=O) groups is 2. The number of carboxylic acid groups (broad SMARTS) is 1. The average molecular weight is 709 g/mol. The Morgan fingerprint density at radius 2 is 1.46 bits per heavy atom. The molecule has 0 aliphatic carbocycles. The van der Waals surface area contributed by atoms with Crippen molar-refractivity contribution in [3.8, 4) is 0 Å². The first kappa shape index (κ1) is 44.4. The zero-order chi connectivity index (χ0) is 38.0. The predicted octanol–water partition coefficient (Wildman–Crippen LogP) is 7.80. The van der Waals surface area contributed by atoms with Crippen molar-refractivity contribution in [1.29, 1.82) is 0 Å². The second-order valence-electron chi connectivity index (χ2n) is 17.1. The van der Waals surface area contributed by atoms with E-state index in [2.05, 4.69) is 33.8 Å². The molecule has 0 saturated carbocycles. The molecule has 0 amide bonds. The van der Waals surface area contributed by atoms with Crippen molar-refractivity contribution < 1.29 is 44.6 Å². The number of allylic oxidation sites excluding steroid dienone is 3. The minimum atomic E-state index is -0.781. The third kappa shape index (κ3) is 13.6. The van der Waals surface area contributed by atoms with Crippen LogP contribution in [0.25, 0.3) is 0 Å². The number of carbonyl (C=O) groups excluding carboxylic acids is 1. The minimum Gasteiger partial charge on any atom is -0.512 e. The van der Waals surface area contributed by atoms with E-state index in [1.807, 2.05) is 40.7 Å². The fourth-order valence-corrected chi connectivity index (χ4v) is 8.02. The fourth-order valence-electron chi connectivity index (χ4n) is 8.02. The first-order chi connectivity index (χ1) is 23.2. The van der Waals surface area contributed by atoms with E-state index >= 15 is 0 Å². The van der Waals surface area contributed by atoms with Gasteiger partial charge >= 0.3 is 5.97 Å². The van der Waals surface area contributed by atoms with Gasteiger partial charge in [-0.25, -0.2) is 0 Å². The van der Waals surface area contributed by atoms with E-state index in [0.717, 1.165) is 38.5 Å². The monoisotopic (exact) mass is 709 g/mol. The normalized spacial score (nSPS) is 30.7. The molecular formula is C41H72O9. The summed E-state index contributed by atoms with van der Waals surface area (Å²) in [6.45, 7) is 19.7. The molecule has 0 aromatic rings. The van der Waals surface area contributed by atoms with Gasteiger partial charge in [-0.15, -0.1) is 0 Å². The molecule has 2 saturated heterocycles. The summed E-state index contributed by atoms with van der Waals surface area (Å²) < 4.78 is 12.7. The highest BCUT2D eigenvalue weighted by atomic mass is 16.6. The highest BCUT2D eigenvalue weighted by molar-refractivity contribution is 5.91. The van der Waals surface area contributed by atoms with Gasteiger partial charge in [0.15, 0.2) is 5.78 Å². The molecule has 0 aromatic carbocycles. The van der Waals surface area contributed by atoms with Crippen molar-refractivity contribution in [3.05, 3.63) is 24.0 Å². The van der Waals surface area contributed by atoms with Crippen molar-refractivity contribution in [2.24, 2.45) is 41.4 Å². The lowest BCUT2D eigenvalue weighted by molar-refractivity contribution is -0.172. The number of aliphatic carboxylic acids is 1. The molecule has 2 aliphatic heterocycles. The number of rotatable bonds is 22. The Hall–Kier alpha value is -1.78. The molecule has 0 unspecified atom stereocenters. The van der Waals surface area contributed by atoms with E-state index in [4.69, 9.17) is 14.6 Å². The van der Waals surface area contributed by atoms with E-state index in [1.54, 1.807) is 6.92 Å². The molecule has 2 heterocycles. The lowest BCUT2D eigenvalue weighted by Gasteiger charge is -2.35. The summed E-state index contributed by atoms with van der Waals surface area (Å²) in [5, 5.41) is 51.9. The molecule has 2 rings (SSSR count). The van der Waals surface area contributed by atoms with Gasteiger partial charge < -0.3 is 35.0 Å². The van der Waals surface area contributed by atoms with Crippen molar-refractivity contribution in [3.63, 3.8) is 0 Å². The van der Waals surface area contributed by atoms with Crippen LogP contribution in [-0.4, -0.2) is 79.0 Å². The topological polar surface area (TPSA) is 154 Å². The molecule has 9 heteroatoms. The van der Waals surface area contributed by atoms with Crippen LogP contribution in [0.3, 0.4) is 0 Å². The first-order valence-electron chi connectivity index (χ1n) is 19.4. The number of ether oxygens (including phenoxy) is 2. The summed E-state index contributed by atoms with van der Waals surface area (Å²) in [6, 6.07) is 0. The van der Waals surface area contributed by atoms with Crippen LogP contribution in [0.5, 0.6) is 0 Å². The van der Waals surface area contributed by atoms with Gasteiger partial charge in [0.1, 0.15) is 0 Å². The maximum atomic E-state index is 12.8. The molecule has 2 fully saturated rings. The highest BCUT2D eigenvalue weighted by Crippen LogP contribution is 2.45. The van der Waals surface area contributed by atoms with E-state index in [0.29, 0.717) is 25.7 Å². The Bertz CT molecular complexity index is 1120. The van der Waals surface area contributed by atoms with E-state index in [-0.39, 0.29) is 71.6 Å². The van der Waals surface area contributed by atoms with Crippen LogP contribution < -0.4 is 0 Å². The number of carboxylic acids is 1. The second kappa shape index (κ2) is 19.9. The summed E-state index contributed by atoms with van der Waals surface area (Å²) >= 11 is 0. The standard InChI is InChI=1S/C41H72O9/c1-25(21-29(5)34(43)24-35(44)30(6)22-27(3)20-26(2)14-15-38(46)47)12-11-13-28(4)39(48)31(7)36(45)23-33-16-18-41(10,49-33)37-17-19-40(9,50-37)32(8)42/h11,13,24-33,36-37,39,42-43,45,48H,12,14-23H2,1-10H3,(H,46,47)/b13-11+,34-24+/t25-,26+,27+,28-,29-,30+,31+,32+,33+,36-,37+,39-,40+,41+/m0/s1. The van der Waals surface area contributed by atoms with Crippen LogP contribution in [-0.2, 0) is 19.1 Å². The Morgan fingerprint density at radius 1 is 0.820 bits per heavy atom. The smallest absolute Gasteiger partial charge is 0.303 e. The van der Waals surface area contributed by atoms with Gasteiger partial charge in [0.2, 0.25) is 0 Å². The molecular weight excluding hydrogens is 636 g/mol. The molecule has 2 aliphatic rings. The number of aliphatic hydroxyl groups is 4. The quantitative estimate of drug-likeness (QED) is 0.0431. The van der Waals surface area contributed by atoms with Gasteiger partial charge in [0.25, 0.3) is 0 Å². The third-order valence-electron chi connectivity index (χ3n) is 11.9. The SMILES string of the molecule is C[C@H](CCC(=O)O)C[C@@H](C)C[C@@H](C)C(=O)/C=C(/O)[C@@H](C)C[C@@H](C)C/C=C/[C@H](C)[C@H](O)[C@H](C)[C@@H](O)C[C@H]1CC[C@](C)([C@H]2CC[C@](C)([C@@H](C)O)O2)O1. The Morgan fingerprint density at radius 3 is 2.06 bits per heavy atom. The first-order valence-corrected chi connectivity index (χ1v) is 19.4. The van der Waals surface area contributed by atoms with Crippen LogP contribution >= 0.6 is 0 Å². The summed E-state index contributed by atoms with van der Waals surface area (Å²) in [5.41, 5.74) is -1.01. The summed E-state index contributed by atoms with van der Waals surface area (Å²) in [6.07, 6.45) is 10.8. The molecule has 290 valence electrons. The van der Waals surface area contributed by atoms with Crippen LogP contribution in [0.2, 0.25) is 0 Å². The molecule has 5 N–H and O–H groups in total. The number of ketones is 1. The second-order valence-corrected chi connectivity index (χ2v) is 17.1. The summed E-state index contributed by atoms with van der Waals surface area (Å²) in [5.74, 6) is -0.810. The van der Waals surface area contributed by atoms with Gasteiger partial charge in [0.05, 0.1) is 47.5 Å². The lowest BCUT2D eigenvalue weighted by atomic mass is 9.85. The van der Waals surface area contributed by atoms with Crippen LogP contribution in [0, 0.1) is 41.4 Å². The Balaban J connectivity index is 1.77. The number of hydrogen-bond donors (Lipinski definition) is 5. The fraction of sp³-hybridized carbons (Fsp3) is 0.854. The van der Waals surface area contributed by atoms with Crippen LogP contribution in [0.15, 0.2) is 24.0 Å². The van der Waals surface area contributed by atoms with Gasteiger partial charge in [-0.3, -0.25) is 9.59 Å². The summed E-state index contributed by atoms with van der Waals surface area (Å²) in [7, 11) is 0. The molecule has 0 bridgehead atoms. The Labute approximate surface area is 302 Å². The molecule has 14 atom stereocenters. The predicted molar refractivity (Wildman–Crippen MR) is 198 cm³/mol. The van der Waals surface area contributed by atoms with E-state index < -0.39 is 35.5 Å². The zero-order valence-electron chi connectivity index (χ0n) is 32.8. The van der Waals surface area contributed by atoms with Crippen molar-refractivity contribution in [1.82, 2.24) is 0 Å². The maximum Gasteiger partial charge on any atom is 0.303 e. The third-order valence-corrected chi connectivity index (χ3v) is 11.9. The zero-order valence-corrected chi connectivity index (χ0v) is 32.8. The average Bonchev–Trinajstić information content (AvgIpc) is 3.63. The molecule has 50 heavy (non-hydrogen) atoms. The number of hydrogen-bond acceptors (Lipinski definition) is 8. The number of aliphatic hydroxyl groups excluding tert-OH is 4. The largest absolute Gasteiger partial charge is 0.512 e. The van der Waals surface area contributed by atoms with Crippen LogP contribution in [0.4, 0.5) is 0 Å². The van der Waals surface area contributed by atoms with Crippen LogP contribution in [0.1, 0.15) is 140 Å². The van der Waals surface area contributed by atoms with Gasteiger partial charge in [-0.2, -0.15) is 0 Å². The Kier molecular flexibility index (Phi) is 17.7. The minimum absolute atomic E-state index is 0.0809.